The average molecular weight is 444 g/mol. The van der Waals surface area contributed by atoms with Gasteiger partial charge in [0, 0.05) is 23.5 Å². The fraction of sp³-hybridized carbons (Fsp3) is 0.100. The molecule has 2 aromatic carbocycles. The van der Waals surface area contributed by atoms with Gasteiger partial charge in [-0.05, 0) is 48.7 Å². The molecule has 0 unspecified atom stereocenters. The number of benzene rings is 2. The van der Waals surface area contributed by atoms with Gasteiger partial charge >= 0.3 is 6.18 Å². The molecule has 4 rings (SSSR count). The molecule has 2 N–H and O–H groups in total. The Morgan fingerprint density at radius 2 is 1.84 bits per heavy atom. The van der Waals surface area contributed by atoms with Crippen LogP contribution in [0.1, 0.15) is 5.56 Å². The highest BCUT2D eigenvalue weighted by Gasteiger charge is 2.30. The van der Waals surface area contributed by atoms with Crippen molar-refractivity contribution in [2.75, 3.05) is 11.6 Å². The van der Waals surface area contributed by atoms with Crippen LogP contribution in [0.2, 0.25) is 0 Å². The smallest absolute Gasteiger partial charge is 0.416 e. The molecule has 4 aromatic rings. The first-order chi connectivity index (χ1) is 14.9. The summed E-state index contributed by atoms with van der Waals surface area (Å²) in [6.45, 7) is 0. The maximum Gasteiger partial charge on any atom is 0.416 e. The molecule has 2 heterocycles. The van der Waals surface area contributed by atoms with Crippen molar-refractivity contribution in [2.24, 2.45) is 0 Å². The van der Waals surface area contributed by atoms with Crippen LogP contribution < -0.4 is 10.1 Å². The van der Waals surface area contributed by atoms with Gasteiger partial charge in [0.05, 0.1) is 5.56 Å². The third-order valence-corrected chi connectivity index (χ3v) is 4.64. The number of anilines is 2. The maximum absolute atomic E-state index is 12.9. The molecule has 0 saturated heterocycles. The summed E-state index contributed by atoms with van der Waals surface area (Å²) in [5, 5.41) is 11.4. The Bertz CT molecular complexity index is 1180. The average Bonchev–Trinajstić information content (AvgIpc) is 3.22. The summed E-state index contributed by atoms with van der Waals surface area (Å²) in [6, 6.07) is 13.6. The van der Waals surface area contributed by atoms with E-state index in [9.17, 15) is 13.2 Å². The van der Waals surface area contributed by atoms with E-state index in [4.69, 9.17) is 4.74 Å². The van der Waals surface area contributed by atoms with E-state index in [1.807, 2.05) is 6.26 Å². The fourth-order valence-electron chi connectivity index (χ4n) is 2.64. The zero-order valence-corrected chi connectivity index (χ0v) is 16.8. The lowest BCUT2D eigenvalue weighted by Gasteiger charge is -2.08. The van der Waals surface area contributed by atoms with Crippen LogP contribution in [0.15, 0.2) is 66.0 Å². The number of hydrogen-bond donors (Lipinski definition) is 2. The van der Waals surface area contributed by atoms with Crippen LogP contribution in [0.3, 0.4) is 0 Å². The second kappa shape index (κ2) is 8.64. The van der Waals surface area contributed by atoms with Crippen LogP contribution >= 0.6 is 11.8 Å². The fourth-order valence-corrected chi connectivity index (χ4v) is 2.99. The molecular formula is C20H15F3N6OS. The van der Waals surface area contributed by atoms with Gasteiger partial charge in [-0.15, -0.1) is 10.2 Å². The van der Waals surface area contributed by atoms with Crippen molar-refractivity contribution in [2.45, 2.75) is 11.3 Å². The molecule has 0 radical (unpaired) electrons. The summed E-state index contributed by atoms with van der Waals surface area (Å²) in [7, 11) is 0. The Morgan fingerprint density at radius 3 is 2.58 bits per heavy atom. The molecule has 11 heteroatoms. The number of halogens is 3. The lowest BCUT2D eigenvalue weighted by molar-refractivity contribution is -0.137. The Morgan fingerprint density at radius 1 is 1.03 bits per heavy atom. The molecular weight excluding hydrogens is 429 g/mol. The molecule has 0 amide bonds. The highest BCUT2D eigenvalue weighted by molar-refractivity contribution is 7.98. The third kappa shape index (κ3) is 5.12. The number of thioether (sulfide) groups is 1. The van der Waals surface area contributed by atoms with E-state index in [0.29, 0.717) is 22.6 Å². The Balaban J connectivity index is 1.45. The first-order valence-corrected chi connectivity index (χ1v) is 10.2. The number of H-pyrrole nitrogens is 1. The van der Waals surface area contributed by atoms with E-state index >= 15 is 0 Å². The van der Waals surface area contributed by atoms with Crippen molar-refractivity contribution in [3.8, 4) is 23.0 Å². The standard InChI is InChI=1S/C20H15F3N6OS/c1-31-19-24-10-9-16(26-19)30-15-7-5-12(6-8-15)17-27-18(29-28-17)25-14-4-2-3-13(11-14)20(21,22)23/h2-11H,1H3,(H2,25,27,28,29). The van der Waals surface area contributed by atoms with Crippen LogP contribution in [-0.2, 0) is 6.18 Å². The molecule has 2 aromatic heterocycles. The van der Waals surface area contributed by atoms with E-state index < -0.39 is 11.7 Å². The zero-order valence-electron chi connectivity index (χ0n) is 16.0. The molecule has 0 spiro atoms. The number of alkyl halides is 3. The van der Waals surface area contributed by atoms with Gasteiger partial charge in [-0.3, -0.25) is 0 Å². The van der Waals surface area contributed by atoms with Gasteiger partial charge in [0.25, 0.3) is 0 Å². The normalized spacial score (nSPS) is 11.4. The van der Waals surface area contributed by atoms with Gasteiger partial charge in [0.15, 0.2) is 11.0 Å². The van der Waals surface area contributed by atoms with Gasteiger partial charge in [-0.2, -0.15) is 18.2 Å². The molecule has 0 fully saturated rings. The summed E-state index contributed by atoms with van der Waals surface area (Å²) in [5.74, 6) is 1.68. The third-order valence-electron chi connectivity index (χ3n) is 4.08. The molecule has 0 atom stereocenters. The number of aromatic nitrogens is 5. The summed E-state index contributed by atoms with van der Waals surface area (Å²) >= 11 is 1.41. The quantitative estimate of drug-likeness (QED) is 0.298. The minimum absolute atomic E-state index is 0.222. The Labute approximate surface area is 179 Å². The zero-order chi connectivity index (χ0) is 21.8. The van der Waals surface area contributed by atoms with Crippen molar-refractivity contribution < 1.29 is 17.9 Å². The Kier molecular flexibility index (Phi) is 5.76. The lowest BCUT2D eigenvalue weighted by atomic mass is 10.2. The molecule has 0 saturated carbocycles. The van der Waals surface area contributed by atoms with Gasteiger partial charge < -0.3 is 15.0 Å². The van der Waals surface area contributed by atoms with E-state index in [-0.39, 0.29) is 11.6 Å². The van der Waals surface area contributed by atoms with Crippen LogP contribution in [0.4, 0.5) is 24.8 Å². The molecule has 0 bridgehead atoms. The molecule has 0 aliphatic carbocycles. The van der Waals surface area contributed by atoms with Crippen LogP contribution in [-0.4, -0.2) is 31.4 Å². The summed E-state index contributed by atoms with van der Waals surface area (Å²) in [5.41, 5.74) is 0.223. The van der Waals surface area contributed by atoms with E-state index in [1.165, 1.54) is 23.9 Å². The predicted molar refractivity (Wildman–Crippen MR) is 110 cm³/mol. The molecule has 158 valence electrons. The molecule has 0 aliphatic rings. The summed E-state index contributed by atoms with van der Waals surface area (Å²) in [4.78, 5) is 11.3. The number of nitrogens with one attached hydrogen (secondary N) is 2. The van der Waals surface area contributed by atoms with Gasteiger partial charge in [-0.25, -0.2) is 4.98 Å². The molecule has 0 aliphatic heterocycles. The van der Waals surface area contributed by atoms with Crippen molar-refractivity contribution in [1.82, 2.24) is 25.1 Å². The molecule has 31 heavy (non-hydrogen) atoms. The van der Waals surface area contributed by atoms with E-state index in [0.717, 1.165) is 17.7 Å². The van der Waals surface area contributed by atoms with E-state index in [2.05, 4.69) is 30.5 Å². The second-order valence-electron chi connectivity index (χ2n) is 6.23. The number of aromatic amines is 1. The lowest BCUT2D eigenvalue weighted by Crippen LogP contribution is -2.05. The first-order valence-electron chi connectivity index (χ1n) is 8.93. The summed E-state index contributed by atoms with van der Waals surface area (Å²) < 4.78 is 44.3. The Hall–Kier alpha value is -3.60. The number of ether oxygens (including phenoxy) is 1. The topological polar surface area (TPSA) is 88.6 Å². The number of nitrogens with zero attached hydrogens (tertiary/aromatic N) is 4. The van der Waals surface area contributed by atoms with Crippen LogP contribution in [0, 0.1) is 0 Å². The van der Waals surface area contributed by atoms with Crippen molar-refractivity contribution in [1.29, 1.82) is 0 Å². The van der Waals surface area contributed by atoms with Gasteiger partial charge in [0.1, 0.15) is 5.75 Å². The van der Waals surface area contributed by atoms with Gasteiger partial charge in [0.2, 0.25) is 11.8 Å². The molecule has 7 nitrogen and oxygen atoms in total. The SMILES string of the molecule is CSc1nccc(Oc2ccc(-c3nnc(Nc4cccc(C(F)(F)F)c4)[nH]3)cc2)n1. The first kappa shape index (κ1) is 20.7. The minimum Gasteiger partial charge on any atom is -0.439 e. The highest BCUT2D eigenvalue weighted by Crippen LogP contribution is 2.31. The largest absolute Gasteiger partial charge is 0.439 e. The van der Waals surface area contributed by atoms with Crippen LogP contribution in [0.5, 0.6) is 11.6 Å². The van der Waals surface area contributed by atoms with Crippen molar-refractivity contribution in [3.05, 3.63) is 66.4 Å². The number of rotatable bonds is 6. The van der Waals surface area contributed by atoms with E-state index in [1.54, 1.807) is 36.5 Å². The van der Waals surface area contributed by atoms with Crippen molar-refractivity contribution >= 4 is 23.4 Å². The van der Waals surface area contributed by atoms with Crippen LogP contribution in [0.25, 0.3) is 11.4 Å². The summed E-state index contributed by atoms with van der Waals surface area (Å²) in [6.07, 6.45) is -0.922. The second-order valence-corrected chi connectivity index (χ2v) is 7.01. The highest BCUT2D eigenvalue weighted by atomic mass is 32.2. The van der Waals surface area contributed by atoms with Crippen molar-refractivity contribution in [3.63, 3.8) is 0 Å². The van der Waals surface area contributed by atoms with Gasteiger partial charge in [-0.1, -0.05) is 17.8 Å². The number of hydrogen-bond acceptors (Lipinski definition) is 7. The minimum atomic E-state index is -4.42. The monoisotopic (exact) mass is 444 g/mol. The predicted octanol–water partition coefficient (Wildman–Crippen LogP) is 5.54. The maximum atomic E-state index is 12.9.